The zero-order valence-electron chi connectivity index (χ0n) is 11.2. The van der Waals surface area contributed by atoms with Crippen LogP contribution in [0.25, 0.3) is 0 Å². The molecular formula is C14H17BrN2O3. The summed E-state index contributed by atoms with van der Waals surface area (Å²) in [5.74, 6) is -0.867. The molecule has 1 aromatic carbocycles. The number of aliphatic carboxylic acids is 1. The number of halogens is 1. The van der Waals surface area contributed by atoms with Crippen LogP contribution in [0.2, 0.25) is 0 Å². The highest BCUT2D eigenvalue weighted by atomic mass is 79.9. The molecule has 1 aliphatic heterocycles. The Morgan fingerprint density at radius 3 is 2.95 bits per heavy atom. The molecule has 1 saturated heterocycles. The minimum absolute atomic E-state index is 0.00485. The number of rotatable bonds is 3. The van der Waals surface area contributed by atoms with Crippen molar-refractivity contribution in [1.82, 2.24) is 4.90 Å². The number of aryl methyl sites for hydroxylation is 1. The average molecular weight is 341 g/mol. The number of benzene rings is 1. The van der Waals surface area contributed by atoms with Crippen molar-refractivity contribution in [2.24, 2.45) is 0 Å². The molecule has 1 heterocycles. The molecule has 6 heteroatoms. The monoisotopic (exact) mass is 340 g/mol. The van der Waals surface area contributed by atoms with Gasteiger partial charge in [0.1, 0.15) is 0 Å². The highest BCUT2D eigenvalue weighted by molar-refractivity contribution is 9.10. The summed E-state index contributed by atoms with van der Waals surface area (Å²) in [6, 6.07) is 5.23. The maximum atomic E-state index is 12.3. The molecule has 2 amide bonds. The Hall–Kier alpha value is -1.56. The van der Waals surface area contributed by atoms with Gasteiger partial charge in [-0.3, -0.25) is 4.79 Å². The predicted molar refractivity (Wildman–Crippen MR) is 79.9 cm³/mol. The third-order valence-electron chi connectivity index (χ3n) is 3.49. The van der Waals surface area contributed by atoms with Crippen LogP contribution in [0.4, 0.5) is 10.5 Å². The van der Waals surface area contributed by atoms with Gasteiger partial charge < -0.3 is 15.3 Å². The highest BCUT2D eigenvalue weighted by Crippen LogP contribution is 2.24. The van der Waals surface area contributed by atoms with E-state index in [0.717, 1.165) is 28.6 Å². The Morgan fingerprint density at radius 1 is 1.50 bits per heavy atom. The van der Waals surface area contributed by atoms with Gasteiger partial charge in [0.05, 0.1) is 6.42 Å². The Bertz CT molecular complexity index is 533. The molecule has 5 nitrogen and oxygen atoms in total. The molecule has 0 bridgehead atoms. The van der Waals surface area contributed by atoms with E-state index in [1.165, 1.54) is 0 Å². The Balaban J connectivity index is 2.07. The molecular weight excluding hydrogens is 324 g/mol. The number of likely N-dealkylation sites (tertiary alicyclic amines) is 1. The number of carboxylic acid groups (broad SMARTS) is 1. The average Bonchev–Trinajstić information content (AvgIpc) is 2.81. The second kappa shape index (κ2) is 6.26. The van der Waals surface area contributed by atoms with Gasteiger partial charge in [0.2, 0.25) is 0 Å². The van der Waals surface area contributed by atoms with Crippen molar-refractivity contribution in [2.75, 3.05) is 11.9 Å². The Labute approximate surface area is 126 Å². The summed E-state index contributed by atoms with van der Waals surface area (Å²) in [5.41, 5.74) is 1.71. The van der Waals surface area contributed by atoms with Crippen molar-refractivity contribution in [3.05, 3.63) is 28.2 Å². The number of amides is 2. The topological polar surface area (TPSA) is 69.6 Å². The van der Waals surface area contributed by atoms with Crippen LogP contribution in [0.1, 0.15) is 24.8 Å². The molecule has 0 spiro atoms. The predicted octanol–water partition coefficient (Wildman–Crippen LogP) is 3.23. The van der Waals surface area contributed by atoms with Crippen LogP contribution >= 0.6 is 15.9 Å². The molecule has 2 N–H and O–H groups in total. The van der Waals surface area contributed by atoms with Gasteiger partial charge in [-0.1, -0.05) is 22.0 Å². The number of carbonyl (C=O) groups is 2. The summed E-state index contributed by atoms with van der Waals surface area (Å²) in [5, 5.41) is 11.7. The van der Waals surface area contributed by atoms with E-state index < -0.39 is 5.97 Å². The molecule has 20 heavy (non-hydrogen) atoms. The van der Waals surface area contributed by atoms with Gasteiger partial charge in [0.25, 0.3) is 0 Å². The van der Waals surface area contributed by atoms with Crippen molar-refractivity contribution in [1.29, 1.82) is 0 Å². The minimum atomic E-state index is -0.867. The van der Waals surface area contributed by atoms with Crippen molar-refractivity contribution in [2.45, 2.75) is 32.2 Å². The summed E-state index contributed by atoms with van der Waals surface area (Å²) in [6.07, 6.45) is 1.60. The van der Waals surface area contributed by atoms with Gasteiger partial charge in [-0.25, -0.2) is 4.79 Å². The zero-order valence-corrected chi connectivity index (χ0v) is 12.8. The number of anilines is 1. The summed E-state index contributed by atoms with van der Waals surface area (Å²) >= 11 is 3.37. The summed E-state index contributed by atoms with van der Waals surface area (Å²) in [4.78, 5) is 24.7. The zero-order chi connectivity index (χ0) is 14.7. The van der Waals surface area contributed by atoms with Crippen molar-refractivity contribution in [3.63, 3.8) is 0 Å². The van der Waals surface area contributed by atoms with Crippen molar-refractivity contribution >= 4 is 33.6 Å². The van der Waals surface area contributed by atoms with Crippen molar-refractivity contribution in [3.8, 4) is 0 Å². The van der Waals surface area contributed by atoms with E-state index in [9.17, 15) is 9.59 Å². The number of nitrogens with one attached hydrogen (secondary N) is 1. The summed E-state index contributed by atoms with van der Waals surface area (Å²) < 4.78 is 0.891. The fourth-order valence-electron chi connectivity index (χ4n) is 2.43. The van der Waals surface area contributed by atoms with Gasteiger partial charge in [-0.2, -0.15) is 0 Å². The third kappa shape index (κ3) is 3.50. The van der Waals surface area contributed by atoms with E-state index in [0.29, 0.717) is 6.54 Å². The smallest absolute Gasteiger partial charge is 0.322 e. The van der Waals surface area contributed by atoms with E-state index in [4.69, 9.17) is 5.11 Å². The van der Waals surface area contributed by atoms with E-state index in [2.05, 4.69) is 21.2 Å². The molecule has 1 fully saturated rings. The van der Waals surface area contributed by atoms with Crippen LogP contribution in [-0.2, 0) is 4.79 Å². The van der Waals surface area contributed by atoms with Crippen LogP contribution in [0, 0.1) is 6.92 Å². The molecule has 0 aromatic heterocycles. The number of nitrogens with zero attached hydrogens (tertiary/aromatic N) is 1. The van der Waals surface area contributed by atoms with Gasteiger partial charge in [-0.15, -0.1) is 0 Å². The van der Waals surface area contributed by atoms with E-state index in [-0.39, 0.29) is 18.5 Å². The number of hydrogen-bond acceptors (Lipinski definition) is 2. The van der Waals surface area contributed by atoms with Crippen molar-refractivity contribution < 1.29 is 14.7 Å². The lowest BCUT2D eigenvalue weighted by molar-refractivity contribution is -0.137. The number of carbonyl (C=O) groups excluding carboxylic acids is 1. The number of urea groups is 1. The molecule has 108 valence electrons. The fraction of sp³-hybridized carbons (Fsp3) is 0.429. The standard InChI is InChI=1S/C14H17BrN2O3/c1-9-4-5-10(15)7-12(9)16-14(20)17-6-2-3-11(17)8-13(18)19/h4-5,7,11H,2-3,6,8H2,1H3,(H,16,20)(H,18,19). The van der Waals surface area contributed by atoms with Gasteiger partial charge in [0.15, 0.2) is 0 Å². The largest absolute Gasteiger partial charge is 0.481 e. The van der Waals surface area contributed by atoms with Crippen LogP contribution in [0.3, 0.4) is 0 Å². The van der Waals surface area contributed by atoms with E-state index >= 15 is 0 Å². The lowest BCUT2D eigenvalue weighted by atomic mass is 10.1. The van der Waals surface area contributed by atoms with Crippen LogP contribution in [-0.4, -0.2) is 34.6 Å². The Morgan fingerprint density at radius 2 is 2.25 bits per heavy atom. The van der Waals surface area contributed by atoms with Crippen LogP contribution in [0.5, 0.6) is 0 Å². The quantitative estimate of drug-likeness (QED) is 0.887. The Kier molecular flexibility index (Phi) is 4.65. The maximum absolute atomic E-state index is 12.3. The van der Waals surface area contributed by atoms with Gasteiger partial charge >= 0.3 is 12.0 Å². The summed E-state index contributed by atoms with van der Waals surface area (Å²) in [6.45, 7) is 2.53. The van der Waals surface area contributed by atoms with Gasteiger partial charge in [-0.05, 0) is 37.5 Å². The molecule has 1 aliphatic rings. The molecule has 0 radical (unpaired) electrons. The highest BCUT2D eigenvalue weighted by Gasteiger charge is 2.30. The molecule has 1 aromatic rings. The first-order valence-electron chi connectivity index (χ1n) is 6.53. The second-order valence-electron chi connectivity index (χ2n) is 4.98. The first-order valence-corrected chi connectivity index (χ1v) is 7.32. The normalized spacial score (nSPS) is 18.1. The molecule has 1 unspecified atom stereocenters. The first kappa shape index (κ1) is 14.8. The lowest BCUT2D eigenvalue weighted by Gasteiger charge is -2.24. The molecule has 2 rings (SSSR count). The second-order valence-corrected chi connectivity index (χ2v) is 5.89. The third-order valence-corrected chi connectivity index (χ3v) is 3.98. The lowest BCUT2D eigenvalue weighted by Crippen LogP contribution is -2.39. The summed E-state index contributed by atoms with van der Waals surface area (Å²) in [7, 11) is 0. The van der Waals surface area contributed by atoms with E-state index in [1.807, 2.05) is 25.1 Å². The fourth-order valence-corrected chi connectivity index (χ4v) is 2.79. The number of hydrogen-bond donors (Lipinski definition) is 2. The molecule has 0 saturated carbocycles. The van der Waals surface area contributed by atoms with E-state index in [1.54, 1.807) is 4.90 Å². The number of carboxylic acids is 1. The molecule has 0 aliphatic carbocycles. The van der Waals surface area contributed by atoms with Crippen LogP contribution < -0.4 is 5.32 Å². The SMILES string of the molecule is Cc1ccc(Br)cc1NC(=O)N1CCCC1CC(=O)O. The van der Waals surface area contributed by atoms with Crippen LogP contribution in [0.15, 0.2) is 22.7 Å². The maximum Gasteiger partial charge on any atom is 0.322 e. The first-order chi connectivity index (χ1) is 9.47. The molecule has 1 atom stereocenters. The van der Waals surface area contributed by atoms with Gasteiger partial charge in [0, 0.05) is 22.7 Å². The minimum Gasteiger partial charge on any atom is -0.481 e.